The molecule has 2 aromatic carbocycles. The molecule has 13 heteroatoms. The van der Waals surface area contributed by atoms with E-state index < -0.39 is 0 Å². The van der Waals surface area contributed by atoms with Gasteiger partial charge in [0.2, 0.25) is 5.95 Å². The number of piperidine rings is 1. The highest BCUT2D eigenvalue weighted by Gasteiger charge is 2.31. The fourth-order valence-corrected chi connectivity index (χ4v) is 7.33. The fraction of sp³-hybridized carbons (Fsp3) is 0.463. The van der Waals surface area contributed by atoms with E-state index in [1.165, 1.54) is 6.42 Å². The molecule has 1 saturated heterocycles. The van der Waals surface area contributed by atoms with E-state index in [1.807, 2.05) is 78.1 Å². The lowest BCUT2D eigenvalue weighted by Crippen LogP contribution is -2.38. The maximum absolute atomic E-state index is 13.8. The molecule has 1 aliphatic carbocycles. The molecule has 3 aromatic heterocycles. The van der Waals surface area contributed by atoms with E-state index in [-0.39, 0.29) is 30.2 Å². The SMILES string of the molecule is C[C@H]1CCCCN1c1nnc2ccc(O[C@@H]3CCC(NC(=O)Nc4cc(C(C)(C)C)nn4-c4ccc(CO)c(OCCN(C)C)c4)c4ccccc43)cn12. The molecule has 286 valence electrons. The Morgan fingerprint density at radius 3 is 2.57 bits per heavy atom. The Morgan fingerprint density at radius 1 is 1.00 bits per heavy atom. The van der Waals surface area contributed by atoms with E-state index in [0.717, 1.165) is 66.5 Å². The van der Waals surface area contributed by atoms with Crippen molar-refractivity contribution >= 4 is 23.4 Å². The van der Waals surface area contributed by atoms with Gasteiger partial charge in [0.15, 0.2) is 5.65 Å². The lowest BCUT2D eigenvalue weighted by Gasteiger charge is -2.33. The van der Waals surface area contributed by atoms with Gasteiger partial charge >= 0.3 is 6.03 Å². The molecule has 2 aliphatic rings. The lowest BCUT2D eigenvalue weighted by atomic mass is 9.85. The first kappa shape index (κ1) is 37.2. The molecule has 1 unspecified atom stereocenters. The first-order valence-electron chi connectivity index (χ1n) is 19.0. The summed E-state index contributed by atoms with van der Waals surface area (Å²) in [6.07, 6.45) is 6.76. The Kier molecular flexibility index (Phi) is 10.8. The van der Waals surface area contributed by atoms with Crippen LogP contribution in [0.15, 0.2) is 66.9 Å². The number of benzene rings is 2. The van der Waals surface area contributed by atoms with Gasteiger partial charge in [0.1, 0.15) is 30.0 Å². The van der Waals surface area contributed by atoms with Crippen molar-refractivity contribution in [3.63, 3.8) is 0 Å². The van der Waals surface area contributed by atoms with Crippen molar-refractivity contribution in [2.24, 2.45) is 0 Å². The van der Waals surface area contributed by atoms with E-state index in [2.05, 4.69) is 65.6 Å². The van der Waals surface area contributed by atoms with Gasteiger partial charge in [0.25, 0.3) is 0 Å². The van der Waals surface area contributed by atoms with Crippen LogP contribution in [0.25, 0.3) is 11.3 Å². The van der Waals surface area contributed by atoms with Gasteiger partial charge in [-0.05, 0) is 82.4 Å². The van der Waals surface area contributed by atoms with Crippen LogP contribution in [0.2, 0.25) is 0 Å². The van der Waals surface area contributed by atoms with Gasteiger partial charge in [-0.2, -0.15) is 5.10 Å². The number of rotatable bonds is 11. The molecule has 3 N–H and O–H groups in total. The van der Waals surface area contributed by atoms with Crippen LogP contribution in [0.5, 0.6) is 11.5 Å². The number of carbonyl (C=O) groups is 1. The van der Waals surface area contributed by atoms with Crippen LogP contribution in [0.1, 0.15) is 94.3 Å². The number of ether oxygens (including phenoxy) is 2. The summed E-state index contributed by atoms with van der Waals surface area (Å²) in [5.74, 6) is 2.71. The molecule has 13 nitrogen and oxygen atoms in total. The summed E-state index contributed by atoms with van der Waals surface area (Å²) in [5, 5.41) is 30.2. The minimum absolute atomic E-state index is 0.150. The van der Waals surface area contributed by atoms with Crippen LogP contribution in [0.3, 0.4) is 0 Å². The highest BCUT2D eigenvalue weighted by atomic mass is 16.5. The average molecular weight is 736 g/mol. The molecule has 7 rings (SSSR count). The topological polar surface area (TPSA) is 134 Å². The van der Waals surface area contributed by atoms with E-state index in [0.29, 0.717) is 41.9 Å². The number of nitrogens with one attached hydrogen (secondary N) is 2. The molecule has 0 bridgehead atoms. The number of pyridine rings is 1. The normalized spacial score (nSPS) is 18.8. The van der Waals surface area contributed by atoms with Crippen LogP contribution in [-0.2, 0) is 12.0 Å². The molecule has 0 radical (unpaired) electrons. The lowest BCUT2D eigenvalue weighted by molar-refractivity contribution is 0.171. The van der Waals surface area contributed by atoms with Crippen molar-refractivity contribution in [3.8, 4) is 17.2 Å². The summed E-state index contributed by atoms with van der Waals surface area (Å²) < 4.78 is 16.5. The summed E-state index contributed by atoms with van der Waals surface area (Å²) in [6.45, 7) is 10.5. The van der Waals surface area contributed by atoms with Gasteiger partial charge in [0.05, 0.1) is 30.2 Å². The van der Waals surface area contributed by atoms with Crippen LogP contribution >= 0.6 is 0 Å². The standard InChI is InChI=1S/C41H53N9O4/c1-27-11-9-10-20-48(27)40-45-44-37-19-16-30(25-49(37)40)54-34-18-17-33(31-12-7-8-13-32(31)34)42-39(52)43-38-24-36(41(2,3)4)46-50(38)29-15-14-28(26-51)35(23-29)53-22-21-47(5)6/h7-8,12-16,19,23-25,27,33-34,51H,9-11,17-18,20-22,26H2,1-6H3,(H2,42,43,52)/t27-,33?,34+/m0/s1. The number of hydrogen-bond acceptors (Lipinski definition) is 9. The number of likely N-dealkylation sites (N-methyl/N-ethyl adjacent to an activating group) is 1. The number of amides is 2. The van der Waals surface area contributed by atoms with Gasteiger partial charge in [-0.25, -0.2) is 9.48 Å². The number of carbonyl (C=O) groups excluding carboxylic acids is 1. The number of anilines is 2. The molecule has 5 aromatic rings. The Hall–Kier alpha value is -5.14. The number of aliphatic hydroxyl groups is 1. The predicted octanol–water partition coefficient (Wildman–Crippen LogP) is 6.80. The smallest absolute Gasteiger partial charge is 0.320 e. The van der Waals surface area contributed by atoms with Crippen molar-refractivity contribution < 1.29 is 19.4 Å². The minimum atomic E-state index is -0.331. The molecule has 1 fully saturated rings. The Morgan fingerprint density at radius 2 is 1.81 bits per heavy atom. The zero-order valence-corrected chi connectivity index (χ0v) is 32.2. The number of fused-ring (bicyclic) bond motifs is 2. The molecule has 2 amide bonds. The third kappa shape index (κ3) is 8.02. The number of aromatic nitrogens is 5. The zero-order chi connectivity index (χ0) is 38.0. The zero-order valence-electron chi connectivity index (χ0n) is 32.2. The third-order valence-electron chi connectivity index (χ3n) is 10.4. The van der Waals surface area contributed by atoms with Crippen LogP contribution in [0.4, 0.5) is 16.6 Å². The molecule has 1 aliphatic heterocycles. The van der Waals surface area contributed by atoms with Gasteiger partial charge < -0.3 is 29.7 Å². The highest BCUT2D eigenvalue weighted by Crippen LogP contribution is 2.39. The van der Waals surface area contributed by atoms with Crippen molar-refractivity contribution in [1.29, 1.82) is 0 Å². The monoisotopic (exact) mass is 735 g/mol. The highest BCUT2D eigenvalue weighted by molar-refractivity contribution is 5.89. The van der Waals surface area contributed by atoms with Crippen molar-refractivity contribution in [1.82, 2.24) is 34.6 Å². The molecular weight excluding hydrogens is 683 g/mol. The Labute approximate surface area is 317 Å². The van der Waals surface area contributed by atoms with Crippen LogP contribution in [-0.4, -0.2) is 80.2 Å². The van der Waals surface area contributed by atoms with Gasteiger partial charge in [0, 0.05) is 42.2 Å². The number of hydrogen-bond donors (Lipinski definition) is 3. The van der Waals surface area contributed by atoms with Gasteiger partial charge in [-0.1, -0.05) is 51.1 Å². The average Bonchev–Trinajstić information content (AvgIpc) is 3.77. The maximum Gasteiger partial charge on any atom is 0.320 e. The quantitative estimate of drug-likeness (QED) is 0.134. The van der Waals surface area contributed by atoms with Crippen LogP contribution in [0, 0.1) is 0 Å². The molecular formula is C41H53N9O4. The molecule has 0 spiro atoms. The van der Waals surface area contributed by atoms with Crippen molar-refractivity contribution in [2.75, 3.05) is 44.0 Å². The molecule has 0 saturated carbocycles. The number of aliphatic hydroxyl groups excluding tert-OH is 1. The molecule has 54 heavy (non-hydrogen) atoms. The van der Waals surface area contributed by atoms with E-state index >= 15 is 0 Å². The third-order valence-corrected chi connectivity index (χ3v) is 10.4. The fourth-order valence-electron chi connectivity index (χ4n) is 7.33. The molecule has 3 atom stereocenters. The summed E-state index contributed by atoms with van der Waals surface area (Å²) in [5.41, 5.74) is 4.82. The first-order chi connectivity index (χ1) is 26.0. The number of nitrogens with zero attached hydrogens (tertiary/aromatic N) is 7. The summed E-state index contributed by atoms with van der Waals surface area (Å²) >= 11 is 0. The Bertz CT molecular complexity index is 2080. The molecule has 4 heterocycles. The second-order valence-corrected chi connectivity index (χ2v) is 15.8. The first-order valence-corrected chi connectivity index (χ1v) is 19.0. The number of urea groups is 1. The largest absolute Gasteiger partial charge is 0.492 e. The van der Waals surface area contributed by atoms with E-state index in [1.54, 1.807) is 4.68 Å². The van der Waals surface area contributed by atoms with Gasteiger partial charge in [-0.3, -0.25) is 9.72 Å². The van der Waals surface area contributed by atoms with Crippen molar-refractivity contribution in [3.05, 3.63) is 89.2 Å². The summed E-state index contributed by atoms with van der Waals surface area (Å²) in [6, 6.07) is 19.4. The van der Waals surface area contributed by atoms with E-state index in [4.69, 9.17) is 14.6 Å². The van der Waals surface area contributed by atoms with E-state index in [9.17, 15) is 9.90 Å². The van der Waals surface area contributed by atoms with Crippen molar-refractivity contribution in [2.45, 2.75) is 90.0 Å². The summed E-state index contributed by atoms with van der Waals surface area (Å²) in [7, 11) is 3.97. The van der Waals surface area contributed by atoms with Gasteiger partial charge in [-0.15, -0.1) is 10.2 Å². The van der Waals surface area contributed by atoms with Crippen LogP contribution < -0.4 is 25.0 Å². The minimum Gasteiger partial charge on any atom is -0.492 e. The Balaban J connectivity index is 1.09. The predicted molar refractivity (Wildman–Crippen MR) is 210 cm³/mol. The second kappa shape index (κ2) is 15.7. The summed E-state index contributed by atoms with van der Waals surface area (Å²) in [4.78, 5) is 18.2. The maximum atomic E-state index is 13.8. The second-order valence-electron chi connectivity index (χ2n) is 15.8.